The van der Waals surface area contributed by atoms with Gasteiger partial charge >= 0.3 is 0 Å². The lowest BCUT2D eigenvalue weighted by atomic mass is 10.3. The fourth-order valence-electron chi connectivity index (χ4n) is 1.66. The number of nitrogens with zero attached hydrogens (tertiary/aromatic N) is 1. The molecule has 0 atom stereocenters. The summed E-state index contributed by atoms with van der Waals surface area (Å²) < 4.78 is 14.2. The average Bonchev–Trinajstić information content (AvgIpc) is 2.33. The second-order valence-electron chi connectivity index (χ2n) is 4.23. The number of aryl methyl sites for hydroxylation is 1. The first-order valence-electron chi connectivity index (χ1n) is 5.77. The van der Waals surface area contributed by atoms with E-state index in [0.717, 1.165) is 5.56 Å². The van der Waals surface area contributed by atoms with Crippen LogP contribution in [0.2, 0.25) is 0 Å². The van der Waals surface area contributed by atoms with Gasteiger partial charge in [-0.3, -0.25) is 9.59 Å². The number of hydrogen-bond donors (Lipinski definition) is 1. The molecule has 0 radical (unpaired) electrons. The summed E-state index contributed by atoms with van der Waals surface area (Å²) in [7, 11) is 0. The minimum atomic E-state index is -0.426. The minimum absolute atomic E-state index is 0.102. The standard InChI is InChI=1S/C14H13FN2O2/c1-10-5-6-17(14(19)7-10)9-13(18)16-12-4-2-3-11(15)8-12/h2-8H,9H2,1H3,(H,16,18). The first-order valence-corrected chi connectivity index (χ1v) is 5.77. The molecule has 1 aromatic heterocycles. The first-order chi connectivity index (χ1) is 9.04. The van der Waals surface area contributed by atoms with Crippen molar-refractivity contribution in [3.05, 3.63) is 64.3 Å². The second kappa shape index (κ2) is 5.48. The van der Waals surface area contributed by atoms with Crippen LogP contribution in [0, 0.1) is 12.7 Å². The van der Waals surface area contributed by atoms with Gasteiger partial charge in [0, 0.05) is 18.0 Å². The van der Waals surface area contributed by atoms with Crippen molar-refractivity contribution in [2.45, 2.75) is 13.5 Å². The number of rotatable bonds is 3. The smallest absolute Gasteiger partial charge is 0.251 e. The SMILES string of the molecule is Cc1ccn(CC(=O)Nc2cccc(F)c2)c(=O)c1. The van der Waals surface area contributed by atoms with Crippen LogP contribution in [0.15, 0.2) is 47.4 Å². The molecule has 0 unspecified atom stereocenters. The molecule has 0 saturated heterocycles. The van der Waals surface area contributed by atoms with E-state index in [4.69, 9.17) is 0 Å². The molecule has 5 heteroatoms. The summed E-state index contributed by atoms with van der Waals surface area (Å²) >= 11 is 0. The molecule has 1 N–H and O–H groups in total. The first kappa shape index (κ1) is 13.0. The molecule has 0 aliphatic rings. The highest BCUT2D eigenvalue weighted by Crippen LogP contribution is 2.08. The van der Waals surface area contributed by atoms with Crippen LogP contribution >= 0.6 is 0 Å². The van der Waals surface area contributed by atoms with E-state index in [9.17, 15) is 14.0 Å². The van der Waals surface area contributed by atoms with Crippen molar-refractivity contribution in [2.24, 2.45) is 0 Å². The van der Waals surface area contributed by atoms with Crippen molar-refractivity contribution in [1.82, 2.24) is 4.57 Å². The summed E-state index contributed by atoms with van der Waals surface area (Å²) in [6, 6.07) is 8.80. The van der Waals surface area contributed by atoms with E-state index in [1.807, 2.05) is 0 Å². The van der Waals surface area contributed by atoms with E-state index >= 15 is 0 Å². The molecule has 0 saturated carbocycles. The second-order valence-corrected chi connectivity index (χ2v) is 4.23. The maximum atomic E-state index is 12.9. The maximum absolute atomic E-state index is 12.9. The summed E-state index contributed by atoms with van der Waals surface area (Å²) in [6.45, 7) is 1.70. The van der Waals surface area contributed by atoms with E-state index < -0.39 is 5.82 Å². The lowest BCUT2D eigenvalue weighted by Crippen LogP contribution is -2.26. The molecule has 0 fully saturated rings. The van der Waals surface area contributed by atoms with Crippen molar-refractivity contribution < 1.29 is 9.18 Å². The van der Waals surface area contributed by atoms with Crippen LogP contribution in [0.25, 0.3) is 0 Å². The van der Waals surface area contributed by atoms with Crippen molar-refractivity contribution >= 4 is 11.6 Å². The predicted octanol–water partition coefficient (Wildman–Crippen LogP) is 1.93. The zero-order valence-corrected chi connectivity index (χ0v) is 10.4. The van der Waals surface area contributed by atoms with Crippen molar-refractivity contribution in [3.8, 4) is 0 Å². The number of amides is 1. The van der Waals surface area contributed by atoms with Crippen LogP contribution in [-0.2, 0) is 11.3 Å². The number of hydrogen-bond acceptors (Lipinski definition) is 2. The molecule has 0 aliphatic carbocycles. The highest BCUT2D eigenvalue weighted by Gasteiger charge is 2.05. The third kappa shape index (κ3) is 3.51. The van der Waals surface area contributed by atoms with Gasteiger partial charge in [0.15, 0.2) is 0 Å². The number of halogens is 1. The van der Waals surface area contributed by atoms with Crippen LogP contribution in [0.1, 0.15) is 5.56 Å². The van der Waals surface area contributed by atoms with Gasteiger partial charge in [-0.2, -0.15) is 0 Å². The maximum Gasteiger partial charge on any atom is 0.251 e. The molecule has 0 bridgehead atoms. The van der Waals surface area contributed by atoms with Gasteiger partial charge in [0.25, 0.3) is 5.56 Å². The quantitative estimate of drug-likeness (QED) is 0.916. The highest BCUT2D eigenvalue weighted by molar-refractivity contribution is 5.90. The zero-order valence-electron chi connectivity index (χ0n) is 10.4. The molecule has 19 heavy (non-hydrogen) atoms. The summed E-state index contributed by atoms with van der Waals surface area (Å²) in [6.07, 6.45) is 1.56. The van der Waals surface area contributed by atoms with Crippen LogP contribution in [0.3, 0.4) is 0 Å². The summed E-state index contributed by atoms with van der Waals surface area (Å²) in [5, 5.41) is 2.53. The van der Waals surface area contributed by atoms with Gasteiger partial charge in [0.1, 0.15) is 12.4 Å². The normalized spacial score (nSPS) is 10.2. The Morgan fingerprint density at radius 3 is 2.79 bits per heavy atom. The van der Waals surface area contributed by atoms with Crippen molar-refractivity contribution in [1.29, 1.82) is 0 Å². The molecule has 1 amide bonds. The van der Waals surface area contributed by atoms with E-state index in [2.05, 4.69) is 5.32 Å². The number of aromatic nitrogens is 1. The van der Waals surface area contributed by atoms with Crippen molar-refractivity contribution in [3.63, 3.8) is 0 Å². The Balaban J connectivity index is 2.07. The molecule has 1 heterocycles. The van der Waals surface area contributed by atoms with Gasteiger partial charge in [-0.1, -0.05) is 6.07 Å². The number of nitrogens with one attached hydrogen (secondary N) is 1. The molecule has 98 valence electrons. The van der Waals surface area contributed by atoms with E-state index in [1.54, 1.807) is 25.3 Å². The number of pyridine rings is 1. The lowest BCUT2D eigenvalue weighted by Gasteiger charge is -2.07. The molecule has 0 aliphatic heterocycles. The number of benzene rings is 1. The minimum Gasteiger partial charge on any atom is -0.324 e. The highest BCUT2D eigenvalue weighted by atomic mass is 19.1. The molecule has 2 aromatic rings. The van der Waals surface area contributed by atoms with E-state index in [-0.39, 0.29) is 18.0 Å². The fraction of sp³-hybridized carbons (Fsp3) is 0.143. The molecular formula is C14H13FN2O2. The predicted molar refractivity (Wildman–Crippen MR) is 70.5 cm³/mol. The van der Waals surface area contributed by atoms with Crippen LogP contribution in [0.4, 0.5) is 10.1 Å². The Bertz CT molecular complexity index is 664. The largest absolute Gasteiger partial charge is 0.324 e. The van der Waals surface area contributed by atoms with Gasteiger partial charge < -0.3 is 9.88 Å². The topological polar surface area (TPSA) is 51.1 Å². The van der Waals surface area contributed by atoms with Crippen LogP contribution < -0.4 is 10.9 Å². The fourth-order valence-corrected chi connectivity index (χ4v) is 1.66. The summed E-state index contributed by atoms with van der Waals surface area (Å²) in [4.78, 5) is 23.3. The van der Waals surface area contributed by atoms with Crippen molar-refractivity contribution in [2.75, 3.05) is 5.32 Å². The summed E-state index contributed by atoms with van der Waals surface area (Å²) in [5.41, 5.74) is 0.964. The monoisotopic (exact) mass is 260 g/mol. The summed E-state index contributed by atoms with van der Waals surface area (Å²) in [5.74, 6) is -0.804. The van der Waals surface area contributed by atoms with Gasteiger partial charge in [-0.25, -0.2) is 4.39 Å². The number of anilines is 1. The third-order valence-corrected chi connectivity index (χ3v) is 2.57. The Hall–Kier alpha value is -2.43. The lowest BCUT2D eigenvalue weighted by molar-refractivity contribution is -0.116. The van der Waals surface area contributed by atoms with Gasteiger partial charge in [-0.15, -0.1) is 0 Å². The molecule has 2 rings (SSSR count). The van der Waals surface area contributed by atoms with Gasteiger partial charge in [0.2, 0.25) is 5.91 Å². The molecule has 0 spiro atoms. The molecule has 1 aromatic carbocycles. The Morgan fingerprint density at radius 1 is 1.32 bits per heavy atom. The average molecular weight is 260 g/mol. The Labute approximate surface area is 109 Å². The van der Waals surface area contributed by atoms with Crippen LogP contribution in [-0.4, -0.2) is 10.5 Å². The number of carbonyl (C=O) groups is 1. The molecular weight excluding hydrogens is 247 g/mol. The Kier molecular flexibility index (Phi) is 3.75. The van der Waals surface area contributed by atoms with Crippen LogP contribution in [0.5, 0.6) is 0 Å². The Morgan fingerprint density at radius 2 is 2.11 bits per heavy atom. The van der Waals surface area contributed by atoms with Gasteiger partial charge in [0.05, 0.1) is 0 Å². The third-order valence-electron chi connectivity index (χ3n) is 2.57. The zero-order chi connectivity index (χ0) is 13.8. The molecule has 4 nitrogen and oxygen atoms in total. The van der Waals surface area contributed by atoms with Gasteiger partial charge in [-0.05, 0) is 36.8 Å². The number of carbonyl (C=O) groups excluding carboxylic acids is 1. The van der Waals surface area contributed by atoms with E-state index in [1.165, 1.54) is 28.8 Å². The van der Waals surface area contributed by atoms with E-state index in [0.29, 0.717) is 5.69 Å².